The molecule has 8 heteroatoms. The Kier molecular flexibility index (Phi) is 4.26. The smallest absolute Gasteiger partial charge is 0.256 e. The lowest BCUT2D eigenvalue weighted by molar-refractivity contribution is -0.0246. The highest BCUT2D eigenvalue weighted by Crippen LogP contribution is 2.24. The summed E-state index contributed by atoms with van der Waals surface area (Å²) in [6.45, 7) is 1.46. The molecule has 0 radical (unpaired) electrons. The molecule has 1 aromatic carbocycles. The van der Waals surface area contributed by atoms with Crippen molar-refractivity contribution >= 4 is 22.9 Å². The van der Waals surface area contributed by atoms with Gasteiger partial charge in [0.25, 0.3) is 5.91 Å². The van der Waals surface area contributed by atoms with Crippen LogP contribution in [0.3, 0.4) is 0 Å². The fraction of sp³-hybridized carbons (Fsp3) is 0.333. The summed E-state index contributed by atoms with van der Waals surface area (Å²) in [5.74, 6) is 0.578. The highest BCUT2D eigenvalue weighted by atomic mass is 16.5. The van der Waals surface area contributed by atoms with Gasteiger partial charge in [0.15, 0.2) is 0 Å². The lowest BCUT2D eigenvalue weighted by Gasteiger charge is -2.33. The third-order valence-corrected chi connectivity index (χ3v) is 4.43. The number of ether oxygens (including phenoxy) is 1. The van der Waals surface area contributed by atoms with Crippen LogP contribution < -0.4 is 4.90 Å². The molecule has 4 rings (SSSR count). The summed E-state index contributed by atoms with van der Waals surface area (Å²) in [5.41, 5.74) is 2.92. The molecule has 1 N–H and O–H groups in total. The van der Waals surface area contributed by atoms with Crippen LogP contribution in [0.4, 0.5) is 5.95 Å². The zero-order valence-electron chi connectivity index (χ0n) is 14.7. The number of anilines is 1. The van der Waals surface area contributed by atoms with E-state index in [0.29, 0.717) is 36.7 Å². The van der Waals surface area contributed by atoms with Gasteiger partial charge in [-0.25, -0.2) is 15.0 Å². The summed E-state index contributed by atoms with van der Waals surface area (Å²) in [4.78, 5) is 32.8. The molecule has 1 amide bonds. The van der Waals surface area contributed by atoms with Gasteiger partial charge < -0.3 is 19.5 Å². The maximum absolute atomic E-state index is 13.0. The maximum atomic E-state index is 13.0. The monoisotopic (exact) mass is 352 g/mol. The second kappa shape index (κ2) is 6.72. The Hall–Kier alpha value is -3.00. The van der Waals surface area contributed by atoms with E-state index in [4.69, 9.17) is 4.74 Å². The Morgan fingerprint density at radius 3 is 3.04 bits per heavy atom. The number of aromatic nitrogens is 4. The molecule has 8 nitrogen and oxygen atoms in total. The first kappa shape index (κ1) is 16.5. The molecule has 3 aromatic rings. The number of fused-ring (bicyclic) bond motifs is 1. The predicted octanol–water partition coefficient (Wildman–Crippen LogP) is 1.63. The molecular formula is C18H20N6O2. The van der Waals surface area contributed by atoms with Gasteiger partial charge in [-0.3, -0.25) is 4.79 Å². The summed E-state index contributed by atoms with van der Waals surface area (Å²) in [6.07, 6.45) is 3.05. The summed E-state index contributed by atoms with van der Waals surface area (Å²) >= 11 is 0. The zero-order chi connectivity index (χ0) is 18.1. The second-order valence-electron chi connectivity index (χ2n) is 6.39. The second-order valence-corrected chi connectivity index (χ2v) is 6.39. The molecule has 1 fully saturated rings. The Morgan fingerprint density at radius 2 is 2.19 bits per heavy atom. The first-order valence-electron chi connectivity index (χ1n) is 8.47. The van der Waals surface area contributed by atoms with E-state index in [1.165, 1.54) is 0 Å². The Morgan fingerprint density at radius 1 is 1.31 bits per heavy atom. The highest BCUT2D eigenvalue weighted by molar-refractivity contribution is 6.04. The van der Waals surface area contributed by atoms with Crippen molar-refractivity contribution in [3.63, 3.8) is 0 Å². The normalized spacial score (nSPS) is 17.5. The quantitative estimate of drug-likeness (QED) is 0.771. The van der Waals surface area contributed by atoms with Crippen molar-refractivity contribution in [3.8, 4) is 0 Å². The van der Waals surface area contributed by atoms with Crippen LogP contribution >= 0.6 is 0 Å². The van der Waals surface area contributed by atoms with E-state index in [2.05, 4.69) is 19.9 Å². The number of morpholine rings is 1. The minimum absolute atomic E-state index is 0.0436. The van der Waals surface area contributed by atoms with E-state index in [-0.39, 0.29) is 12.0 Å². The Bertz CT molecular complexity index is 938. The lowest BCUT2D eigenvalue weighted by atomic mass is 10.1. The van der Waals surface area contributed by atoms with Crippen LogP contribution in [0.5, 0.6) is 0 Å². The van der Waals surface area contributed by atoms with Crippen molar-refractivity contribution in [2.24, 2.45) is 0 Å². The van der Waals surface area contributed by atoms with Crippen LogP contribution in [0, 0.1) is 0 Å². The lowest BCUT2D eigenvalue weighted by Crippen LogP contribution is -2.42. The van der Waals surface area contributed by atoms with Crippen molar-refractivity contribution in [1.29, 1.82) is 0 Å². The average molecular weight is 352 g/mol. The molecule has 0 saturated carbocycles. The molecule has 2 aromatic heterocycles. The average Bonchev–Trinajstić information content (AvgIpc) is 3.16. The van der Waals surface area contributed by atoms with Gasteiger partial charge in [-0.05, 0) is 18.2 Å². The van der Waals surface area contributed by atoms with Crippen LogP contribution in [0.2, 0.25) is 0 Å². The van der Waals surface area contributed by atoms with Gasteiger partial charge in [-0.1, -0.05) is 6.07 Å². The summed E-state index contributed by atoms with van der Waals surface area (Å²) < 4.78 is 5.86. The van der Waals surface area contributed by atoms with Gasteiger partial charge in [0.05, 0.1) is 36.3 Å². The minimum atomic E-state index is -0.271. The molecule has 1 saturated heterocycles. The number of imidazole rings is 1. The van der Waals surface area contributed by atoms with E-state index >= 15 is 0 Å². The van der Waals surface area contributed by atoms with Crippen molar-refractivity contribution in [3.05, 3.63) is 48.0 Å². The third kappa shape index (κ3) is 2.99. The maximum Gasteiger partial charge on any atom is 0.256 e. The molecule has 0 spiro atoms. The van der Waals surface area contributed by atoms with Crippen molar-refractivity contribution in [2.45, 2.75) is 6.10 Å². The Balaban J connectivity index is 1.58. The van der Waals surface area contributed by atoms with E-state index in [1.807, 2.05) is 43.3 Å². The number of H-pyrrole nitrogens is 1. The largest absolute Gasteiger partial charge is 0.368 e. The van der Waals surface area contributed by atoms with Crippen LogP contribution in [0.15, 0.2) is 36.8 Å². The first-order chi connectivity index (χ1) is 12.6. The number of carbonyl (C=O) groups is 1. The number of benzene rings is 1. The first-order valence-corrected chi connectivity index (χ1v) is 8.47. The fourth-order valence-electron chi connectivity index (χ4n) is 3.08. The van der Waals surface area contributed by atoms with Crippen LogP contribution in [-0.4, -0.2) is 64.5 Å². The number of amides is 1. The molecule has 26 heavy (non-hydrogen) atoms. The molecule has 0 bridgehead atoms. The minimum Gasteiger partial charge on any atom is -0.368 e. The molecule has 3 heterocycles. The summed E-state index contributed by atoms with van der Waals surface area (Å²) in [7, 11) is 3.78. The standard InChI is InChI=1S/C18H20N6O2/c1-23(2)18-19-7-6-13(22-18)15-10-24(8-9-26-15)17(25)12-4-3-5-14-16(12)21-11-20-14/h3-7,11,15H,8-10H2,1-2H3,(H,20,21)/t15-/m0/s1. The number of hydrogen-bond acceptors (Lipinski definition) is 6. The van der Waals surface area contributed by atoms with E-state index in [1.54, 1.807) is 17.4 Å². The van der Waals surface area contributed by atoms with Crippen molar-refractivity contribution in [1.82, 2.24) is 24.8 Å². The van der Waals surface area contributed by atoms with E-state index in [0.717, 1.165) is 11.2 Å². The number of para-hydroxylation sites is 1. The number of carbonyl (C=O) groups excluding carboxylic acids is 1. The van der Waals surface area contributed by atoms with Gasteiger partial charge in [0, 0.05) is 26.8 Å². The summed E-state index contributed by atoms with van der Waals surface area (Å²) in [6, 6.07) is 7.41. The topological polar surface area (TPSA) is 87.2 Å². The van der Waals surface area contributed by atoms with Crippen LogP contribution in [-0.2, 0) is 4.74 Å². The predicted molar refractivity (Wildman–Crippen MR) is 97.0 cm³/mol. The van der Waals surface area contributed by atoms with E-state index in [9.17, 15) is 4.79 Å². The van der Waals surface area contributed by atoms with Gasteiger partial charge in [-0.15, -0.1) is 0 Å². The van der Waals surface area contributed by atoms with Crippen molar-refractivity contribution in [2.75, 3.05) is 38.7 Å². The molecule has 1 aliphatic rings. The number of hydrogen-bond donors (Lipinski definition) is 1. The summed E-state index contributed by atoms with van der Waals surface area (Å²) in [5, 5.41) is 0. The number of aromatic amines is 1. The number of nitrogens with zero attached hydrogens (tertiary/aromatic N) is 5. The van der Waals surface area contributed by atoms with Gasteiger partial charge in [-0.2, -0.15) is 0 Å². The van der Waals surface area contributed by atoms with Gasteiger partial charge in [0.1, 0.15) is 11.6 Å². The molecular weight excluding hydrogens is 332 g/mol. The third-order valence-electron chi connectivity index (χ3n) is 4.43. The molecule has 0 aliphatic carbocycles. The van der Waals surface area contributed by atoms with Crippen molar-refractivity contribution < 1.29 is 9.53 Å². The molecule has 0 unspecified atom stereocenters. The zero-order valence-corrected chi connectivity index (χ0v) is 14.7. The number of rotatable bonds is 3. The molecule has 134 valence electrons. The van der Waals surface area contributed by atoms with Crippen LogP contribution in [0.1, 0.15) is 22.2 Å². The van der Waals surface area contributed by atoms with Crippen LogP contribution in [0.25, 0.3) is 11.0 Å². The Labute approximate surface area is 150 Å². The van der Waals surface area contributed by atoms with E-state index < -0.39 is 0 Å². The molecule has 1 aliphatic heterocycles. The van der Waals surface area contributed by atoms with Gasteiger partial charge >= 0.3 is 0 Å². The van der Waals surface area contributed by atoms with Gasteiger partial charge in [0.2, 0.25) is 5.95 Å². The molecule has 1 atom stereocenters. The fourth-order valence-corrected chi connectivity index (χ4v) is 3.08. The SMILES string of the molecule is CN(C)c1nccc([C@@H]2CN(C(=O)c3cccc4[nH]cnc34)CCO2)n1. The number of nitrogens with one attached hydrogen (secondary N) is 1. The highest BCUT2D eigenvalue weighted by Gasteiger charge is 2.28.